The molecule has 0 aliphatic carbocycles. The van der Waals surface area contributed by atoms with E-state index in [0.717, 1.165) is 6.07 Å². The van der Waals surface area contributed by atoms with Crippen LogP contribution in [0.5, 0.6) is 0 Å². The van der Waals surface area contributed by atoms with Crippen molar-refractivity contribution < 1.29 is 27.3 Å². The molecule has 1 aromatic carbocycles. The van der Waals surface area contributed by atoms with Crippen molar-refractivity contribution in [1.29, 1.82) is 0 Å². The van der Waals surface area contributed by atoms with Crippen LogP contribution in [0, 0.1) is 0 Å². The van der Waals surface area contributed by atoms with Crippen LogP contribution in [0.3, 0.4) is 0 Å². The lowest BCUT2D eigenvalue weighted by molar-refractivity contribution is 0.0695. The first kappa shape index (κ1) is 14.7. The molecule has 1 aliphatic heterocycles. The second-order valence-electron chi connectivity index (χ2n) is 4.18. The molecule has 1 unspecified atom stereocenters. The molecular formula is C11H11NO6S2. The number of carbonyl (C=O) groups excluding carboxylic acids is 1. The average molecular weight is 317 g/mol. The van der Waals surface area contributed by atoms with E-state index in [1.165, 1.54) is 18.4 Å². The second-order valence-corrected chi connectivity index (χ2v) is 7.56. The number of carboxylic acid groups (broad SMARTS) is 1. The predicted octanol–water partition coefficient (Wildman–Crippen LogP) is -0.0922. The summed E-state index contributed by atoms with van der Waals surface area (Å²) in [5.74, 6) is -1.96. The van der Waals surface area contributed by atoms with Crippen LogP contribution in [0.2, 0.25) is 0 Å². The maximum atomic E-state index is 12.2. The molecule has 0 spiro atoms. The van der Waals surface area contributed by atoms with Gasteiger partial charge in [-0.3, -0.25) is 9.00 Å². The lowest BCUT2D eigenvalue weighted by Crippen LogP contribution is -2.33. The Morgan fingerprint density at radius 2 is 2.05 bits per heavy atom. The Balaban J connectivity index is 2.48. The Labute approximate surface area is 117 Å². The molecule has 2 rings (SSSR count). The number of benzene rings is 1. The smallest absolute Gasteiger partial charge is 0.335 e. The summed E-state index contributed by atoms with van der Waals surface area (Å²) in [5.41, 5.74) is -0.266. The van der Waals surface area contributed by atoms with Crippen molar-refractivity contribution in [2.45, 2.75) is 4.90 Å². The van der Waals surface area contributed by atoms with E-state index in [1.54, 1.807) is 0 Å². The number of hydrogen-bond acceptors (Lipinski definition) is 5. The van der Waals surface area contributed by atoms with Gasteiger partial charge in [0.2, 0.25) is 0 Å². The van der Waals surface area contributed by atoms with Crippen molar-refractivity contribution in [1.82, 2.24) is 4.31 Å². The van der Waals surface area contributed by atoms with Crippen molar-refractivity contribution in [2.24, 2.45) is 0 Å². The Bertz CT molecular complexity index is 724. The fourth-order valence-corrected chi connectivity index (χ4v) is 3.99. The second kappa shape index (κ2) is 4.98. The summed E-state index contributed by atoms with van der Waals surface area (Å²) in [4.78, 5) is 22.5. The quantitative estimate of drug-likeness (QED) is 0.831. The average Bonchev–Trinajstić information content (AvgIpc) is 2.55. The van der Waals surface area contributed by atoms with Crippen LogP contribution in [0.15, 0.2) is 23.1 Å². The number of nitrogens with zero attached hydrogens (tertiary/aromatic N) is 1. The first-order valence-electron chi connectivity index (χ1n) is 5.49. The number of rotatable bonds is 4. The van der Waals surface area contributed by atoms with E-state index < -0.39 is 32.7 Å². The van der Waals surface area contributed by atoms with E-state index in [4.69, 9.17) is 5.11 Å². The van der Waals surface area contributed by atoms with Crippen molar-refractivity contribution in [2.75, 3.05) is 18.6 Å². The van der Waals surface area contributed by atoms with Crippen molar-refractivity contribution in [3.8, 4) is 0 Å². The van der Waals surface area contributed by atoms with E-state index in [1.807, 2.05) is 0 Å². The zero-order chi connectivity index (χ0) is 15.1. The van der Waals surface area contributed by atoms with E-state index in [0.29, 0.717) is 4.31 Å². The number of aromatic carboxylic acids is 1. The summed E-state index contributed by atoms with van der Waals surface area (Å²) in [6.07, 6.45) is 1.41. The van der Waals surface area contributed by atoms with E-state index in [2.05, 4.69) is 0 Å². The number of hydrogen-bond donors (Lipinski definition) is 1. The maximum Gasteiger partial charge on any atom is 0.335 e. The molecule has 1 N–H and O–H groups in total. The molecule has 1 atom stereocenters. The largest absolute Gasteiger partial charge is 0.478 e. The van der Waals surface area contributed by atoms with Crippen LogP contribution in [0.25, 0.3) is 0 Å². The van der Waals surface area contributed by atoms with Gasteiger partial charge in [0, 0.05) is 29.4 Å². The molecular weight excluding hydrogens is 306 g/mol. The minimum absolute atomic E-state index is 0.0325. The van der Waals surface area contributed by atoms with Crippen LogP contribution in [0.1, 0.15) is 20.7 Å². The van der Waals surface area contributed by atoms with E-state index >= 15 is 0 Å². The van der Waals surface area contributed by atoms with E-state index in [9.17, 15) is 22.2 Å². The highest BCUT2D eigenvalue weighted by Gasteiger charge is 2.41. The molecule has 0 radical (unpaired) electrons. The van der Waals surface area contributed by atoms with Gasteiger partial charge in [0.25, 0.3) is 15.9 Å². The number of carboxylic acids is 1. The molecule has 0 bridgehead atoms. The van der Waals surface area contributed by atoms with Gasteiger partial charge in [-0.05, 0) is 18.2 Å². The molecule has 7 nitrogen and oxygen atoms in total. The Morgan fingerprint density at radius 3 is 2.60 bits per heavy atom. The van der Waals surface area contributed by atoms with Gasteiger partial charge in [-0.15, -0.1) is 0 Å². The van der Waals surface area contributed by atoms with Gasteiger partial charge in [0.1, 0.15) is 4.90 Å². The van der Waals surface area contributed by atoms with Crippen LogP contribution >= 0.6 is 0 Å². The van der Waals surface area contributed by atoms with Crippen LogP contribution < -0.4 is 0 Å². The third-order valence-electron chi connectivity index (χ3n) is 2.84. The summed E-state index contributed by atoms with van der Waals surface area (Å²) in [6, 6.07) is 3.32. The molecule has 1 amide bonds. The molecule has 1 aromatic rings. The van der Waals surface area contributed by atoms with Crippen molar-refractivity contribution in [3.05, 3.63) is 29.3 Å². The first-order chi connectivity index (χ1) is 9.25. The zero-order valence-corrected chi connectivity index (χ0v) is 12.0. The molecule has 1 heterocycles. The number of carbonyl (C=O) groups is 2. The van der Waals surface area contributed by atoms with Gasteiger partial charge >= 0.3 is 5.97 Å². The van der Waals surface area contributed by atoms with Gasteiger partial charge < -0.3 is 5.11 Å². The van der Waals surface area contributed by atoms with Crippen molar-refractivity contribution >= 4 is 32.7 Å². The minimum atomic E-state index is -4.06. The fourth-order valence-electron chi connectivity index (χ4n) is 1.84. The Kier molecular flexibility index (Phi) is 3.65. The summed E-state index contributed by atoms with van der Waals surface area (Å²) in [6.45, 7) is -0.193. The molecule has 9 heteroatoms. The maximum absolute atomic E-state index is 12.2. The Morgan fingerprint density at radius 1 is 1.40 bits per heavy atom. The molecule has 0 fully saturated rings. The highest BCUT2D eigenvalue weighted by molar-refractivity contribution is 7.90. The molecule has 1 aliphatic rings. The summed E-state index contributed by atoms with van der Waals surface area (Å²) < 4.78 is 36.1. The molecule has 0 saturated heterocycles. The van der Waals surface area contributed by atoms with Crippen LogP contribution in [-0.2, 0) is 20.8 Å². The summed E-state index contributed by atoms with van der Waals surface area (Å²) in [7, 11) is -5.30. The number of amides is 1. The lowest BCUT2D eigenvalue weighted by atomic mass is 10.1. The third-order valence-corrected chi connectivity index (χ3v) is 5.42. The summed E-state index contributed by atoms with van der Waals surface area (Å²) >= 11 is 0. The van der Waals surface area contributed by atoms with Gasteiger partial charge in [0.05, 0.1) is 11.1 Å². The standard InChI is InChI=1S/C11H11NO6S2/c1-19(16)5-4-12-10(13)8-3-2-7(11(14)15)6-9(8)20(12,17)18/h2-3,6H,4-5H2,1H3,(H,14,15). The monoisotopic (exact) mass is 317 g/mol. The molecule has 0 saturated carbocycles. The minimum Gasteiger partial charge on any atom is -0.478 e. The number of sulfonamides is 1. The van der Waals surface area contributed by atoms with Gasteiger partial charge in [-0.25, -0.2) is 17.5 Å². The third kappa shape index (κ3) is 2.34. The topological polar surface area (TPSA) is 109 Å². The van der Waals surface area contributed by atoms with Gasteiger partial charge in [0.15, 0.2) is 0 Å². The fraction of sp³-hybridized carbons (Fsp3) is 0.273. The van der Waals surface area contributed by atoms with Crippen molar-refractivity contribution in [3.63, 3.8) is 0 Å². The molecule has 20 heavy (non-hydrogen) atoms. The Hall–Kier alpha value is -1.74. The first-order valence-corrected chi connectivity index (χ1v) is 8.66. The normalized spacial score (nSPS) is 17.9. The van der Waals surface area contributed by atoms with E-state index in [-0.39, 0.29) is 28.3 Å². The number of fused-ring (bicyclic) bond motifs is 1. The van der Waals surface area contributed by atoms with Gasteiger partial charge in [-0.1, -0.05) is 0 Å². The van der Waals surface area contributed by atoms with Crippen LogP contribution in [-0.4, -0.2) is 52.5 Å². The predicted molar refractivity (Wildman–Crippen MR) is 70.6 cm³/mol. The van der Waals surface area contributed by atoms with Gasteiger partial charge in [-0.2, -0.15) is 0 Å². The molecule has 108 valence electrons. The SMILES string of the molecule is CS(=O)CCN1C(=O)c2ccc(C(=O)O)cc2S1(=O)=O. The lowest BCUT2D eigenvalue weighted by Gasteiger charge is -2.13. The molecule has 0 aromatic heterocycles. The highest BCUT2D eigenvalue weighted by Crippen LogP contribution is 2.30. The zero-order valence-electron chi connectivity index (χ0n) is 10.4. The summed E-state index contributed by atoms with van der Waals surface area (Å²) in [5, 5.41) is 8.86. The highest BCUT2D eigenvalue weighted by atomic mass is 32.2. The van der Waals surface area contributed by atoms with Crippen LogP contribution in [0.4, 0.5) is 0 Å².